The quantitative estimate of drug-likeness (QED) is 0.848. The van der Waals surface area contributed by atoms with Crippen LogP contribution in [0.3, 0.4) is 0 Å². The summed E-state index contributed by atoms with van der Waals surface area (Å²) in [6.07, 6.45) is 1.19. The zero-order chi connectivity index (χ0) is 10.7. The minimum Gasteiger partial charge on any atom is -0.361 e. The molecule has 0 saturated carbocycles. The molecule has 1 aromatic carbocycles. The van der Waals surface area contributed by atoms with Crippen molar-refractivity contribution in [1.82, 2.24) is 4.98 Å². The summed E-state index contributed by atoms with van der Waals surface area (Å²) in [5.41, 5.74) is 1.09. The lowest BCUT2D eigenvalue weighted by Gasteiger charge is -2.04. The predicted octanol–water partition coefficient (Wildman–Crippen LogP) is 3.75. The van der Waals surface area contributed by atoms with Gasteiger partial charge in [-0.25, -0.2) is 4.98 Å². The van der Waals surface area contributed by atoms with E-state index in [1.165, 1.54) is 11.1 Å². The van der Waals surface area contributed by atoms with Gasteiger partial charge in [0.1, 0.15) is 0 Å². The van der Waals surface area contributed by atoms with Crippen molar-refractivity contribution in [2.75, 3.05) is 11.9 Å². The normalized spacial score (nSPS) is 11.1. The Hall–Kier alpha value is -1.09. The minimum absolute atomic E-state index is 0.742. The van der Waals surface area contributed by atoms with Gasteiger partial charge in [0.05, 0.1) is 10.2 Å². The van der Waals surface area contributed by atoms with Crippen molar-refractivity contribution in [3.63, 3.8) is 0 Å². The molecule has 2 rings (SSSR count). The van der Waals surface area contributed by atoms with E-state index in [-0.39, 0.29) is 0 Å². The zero-order valence-corrected chi connectivity index (χ0v) is 9.97. The van der Waals surface area contributed by atoms with Gasteiger partial charge in [-0.05, 0) is 24.5 Å². The molecule has 0 aliphatic carbocycles. The first-order chi connectivity index (χ1) is 7.25. The molecule has 3 heteroatoms. The van der Waals surface area contributed by atoms with Crippen LogP contribution in [-0.4, -0.2) is 11.5 Å². The monoisotopic (exact) mass is 220 g/mol. The molecule has 0 aliphatic rings. The van der Waals surface area contributed by atoms with Crippen LogP contribution in [0.5, 0.6) is 0 Å². The highest BCUT2D eigenvalue weighted by atomic mass is 32.1. The van der Waals surface area contributed by atoms with Gasteiger partial charge in [0.15, 0.2) is 5.13 Å². The molecule has 0 unspecified atom stereocenters. The molecule has 0 saturated heterocycles. The van der Waals surface area contributed by atoms with Crippen molar-refractivity contribution in [3.8, 4) is 0 Å². The number of fused-ring (bicyclic) bond motifs is 1. The van der Waals surface area contributed by atoms with Gasteiger partial charge in [0.25, 0.3) is 0 Å². The first kappa shape index (κ1) is 10.4. The summed E-state index contributed by atoms with van der Waals surface area (Å²) in [5.74, 6) is 0.742. The van der Waals surface area contributed by atoms with Crippen LogP contribution in [0.15, 0.2) is 24.3 Å². The maximum Gasteiger partial charge on any atom is 0.183 e. The third-order valence-corrected chi connectivity index (χ3v) is 3.29. The number of hydrogen-bond acceptors (Lipinski definition) is 3. The molecule has 2 aromatic rings. The van der Waals surface area contributed by atoms with E-state index >= 15 is 0 Å². The van der Waals surface area contributed by atoms with Crippen LogP contribution in [0.25, 0.3) is 10.2 Å². The fourth-order valence-corrected chi connectivity index (χ4v) is 2.31. The first-order valence-electron chi connectivity index (χ1n) is 5.35. The van der Waals surface area contributed by atoms with Gasteiger partial charge in [-0.1, -0.05) is 37.3 Å². The Kier molecular flexibility index (Phi) is 3.21. The van der Waals surface area contributed by atoms with Crippen molar-refractivity contribution in [2.24, 2.45) is 5.92 Å². The summed E-state index contributed by atoms with van der Waals surface area (Å²) in [6, 6.07) is 8.25. The molecule has 80 valence electrons. The van der Waals surface area contributed by atoms with Gasteiger partial charge in [0, 0.05) is 6.54 Å². The lowest BCUT2D eigenvalue weighted by molar-refractivity contribution is 0.607. The largest absolute Gasteiger partial charge is 0.361 e. The molecular weight excluding hydrogens is 204 g/mol. The highest BCUT2D eigenvalue weighted by Crippen LogP contribution is 2.25. The Labute approximate surface area is 94.3 Å². The molecule has 1 aromatic heterocycles. The van der Waals surface area contributed by atoms with Gasteiger partial charge in [-0.3, -0.25) is 0 Å². The first-order valence-corrected chi connectivity index (χ1v) is 6.17. The minimum atomic E-state index is 0.742. The second-order valence-electron chi connectivity index (χ2n) is 4.10. The number of anilines is 1. The molecule has 1 N–H and O–H groups in total. The van der Waals surface area contributed by atoms with Crippen LogP contribution >= 0.6 is 11.3 Å². The molecule has 0 spiro atoms. The summed E-state index contributed by atoms with van der Waals surface area (Å²) in [7, 11) is 0. The summed E-state index contributed by atoms with van der Waals surface area (Å²) in [4.78, 5) is 4.52. The number of para-hydroxylation sites is 1. The average Bonchev–Trinajstić information content (AvgIpc) is 2.59. The topological polar surface area (TPSA) is 24.9 Å². The number of benzene rings is 1. The fourth-order valence-electron chi connectivity index (χ4n) is 1.42. The molecule has 0 amide bonds. The van der Waals surface area contributed by atoms with E-state index in [0.717, 1.165) is 23.1 Å². The molecule has 1 heterocycles. The number of nitrogens with zero attached hydrogens (tertiary/aromatic N) is 1. The van der Waals surface area contributed by atoms with Crippen LogP contribution in [-0.2, 0) is 0 Å². The summed E-state index contributed by atoms with van der Waals surface area (Å²) in [6.45, 7) is 5.48. The van der Waals surface area contributed by atoms with E-state index in [1.54, 1.807) is 11.3 Å². The molecule has 2 nitrogen and oxygen atoms in total. The van der Waals surface area contributed by atoms with E-state index in [9.17, 15) is 0 Å². The standard InChI is InChI=1S/C12H16N2S/c1-9(2)7-8-13-12-14-10-5-3-4-6-11(10)15-12/h3-6,9H,7-8H2,1-2H3,(H,13,14). The van der Waals surface area contributed by atoms with Crippen molar-refractivity contribution in [1.29, 1.82) is 0 Å². The zero-order valence-electron chi connectivity index (χ0n) is 9.16. The highest BCUT2D eigenvalue weighted by Gasteiger charge is 2.01. The Balaban J connectivity index is 2.03. The summed E-state index contributed by atoms with van der Waals surface area (Å²) in [5, 5.41) is 4.41. The van der Waals surface area contributed by atoms with Gasteiger partial charge < -0.3 is 5.32 Å². The Morgan fingerprint density at radius 1 is 1.33 bits per heavy atom. The maximum atomic E-state index is 4.52. The number of thiazole rings is 1. The third kappa shape index (κ3) is 2.69. The smallest absolute Gasteiger partial charge is 0.183 e. The maximum absolute atomic E-state index is 4.52. The summed E-state index contributed by atoms with van der Waals surface area (Å²) < 4.78 is 1.25. The highest BCUT2D eigenvalue weighted by molar-refractivity contribution is 7.22. The van der Waals surface area contributed by atoms with Crippen LogP contribution in [0.1, 0.15) is 20.3 Å². The van der Waals surface area contributed by atoms with Crippen LogP contribution < -0.4 is 5.32 Å². The number of aromatic nitrogens is 1. The van der Waals surface area contributed by atoms with Gasteiger partial charge in [0.2, 0.25) is 0 Å². The molecule has 0 aliphatic heterocycles. The van der Waals surface area contributed by atoms with Crippen molar-refractivity contribution >= 4 is 26.7 Å². The Bertz CT molecular complexity index is 401. The lowest BCUT2D eigenvalue weighted by Crippen LogP contribution is -2.03. The molecular formula is C12H16N2S. The fraction of sp³-hybridized carbons (Fsp3) is 0.417. The van der Waals surface area contributed by atoms with Gasteiger partial charge >= 0.3 is 0 Å². The van der Waals surface area contributed by atoms with Crippen molar-refractivity contribution in [2.45, 2.75) is 20.3 Å². The third-order valence-electron chi connectivity index (χ3n) is 2.29. The van der Waals surface area contributed by atoms with Gasteiger partial charge in [-0.2, -0.15) is 0 Å². The molecule has 0 radical (unpaired) electrons. The SMILES string of the molecule is CC(C)CCNc1nc2ccccc2s1. The van der Waals surface area contributed by atoms with Crippen molar-refractivity contribution < 1.29 is 0 Å². The van der Waals surface area contributed by atoms with Crippen molar-refractivity contribution in [3.05, 3.63) is 24.3 Å². The summed E-state index contributed by atoms with van der Waals surface area (Å²) >= 11 is 1.73. The molecule has 0 fully saturated rings. The van der Waals surface area contributed by atoms with E-state index in [4.69, 9.17) is 0 Å². The van der Waals surface area contributed by atoms with Crippen LogP contribution in [0, 0.1) is 5.92 Å². The molecule has 15 heavy (non-hydrogen) atoms. The molecule has 0 bridgehead atoms. The van der Waals surface area contributed by atoms with Gasteiger partial charge in [-0.15, -0.1) is 0 Å². The second kappa shape index (κ2) is 4.62. The number of nitrogens with one attached hydrogen (secondary N) is 1. The predicted molar refractivity (Wildman–Crippen MR) is 67.6 cm³/mol. The van der Waals surface area contributed by atoms with E-state index in [0.29, 0.717) is 0 Å². The van der Waals surface area contributed by atoms with Crippen LogP contribution in [0.4, 0.5) is 5.13 Å². The van der Waals surface area contributed by atoms with E-state index < -0.39 is 0 Å². The Morgan fingerprint density at radius 2 is 2.13 bits per heavy atom. The lowest BCUT2D eigenvalue weighted by atomic mass is 10.1. The van der Waals surface area contributed by atoms with E-state index in [1.807, 2.05) is 6.07 Å². The number of hydrogen-bond donors (Lipinski definition) is 1. The number of rotatable bonds is 4. The van der Waals surface area contributed by atoms with E-state index in [2.05, 4.69) is 42.3 Å². The molecule has 0 atom stereocenters. The Morgan fingerprint density at radius 3 is 2.87 bits per heavy atom. The second-order valence-corrected chi connectivity index (χ2v) is 5.13. The van der Waals surface area contributed by atoms with Crippen LogP contribution in [0.2, 0.25) is 0 Å². The average molecular weight is 220 g/mol.